The molecule has 0 saturated carbocycles. The number of nitrogens with zero attached hydrogens (tertiary/aromatic N) is 3. The van der Waals surface area contributed by atoms with E-state index in [0.717, 1.165) is 30.2 Å². The molecule has 0 amide bonds. The van der Waals surface area contributed by atoms with E-state index in [0.29, 0.717) is 0 Å². The van der Waals surface area contributed by atoms with Crippen molar-refractivity contribution in [3.05, 3.63) is 41.3 Å². The van der Waals surface area contributed by atoms with E-state index < -0.39 is 0 Å². The average molecular weight is 272 g/mol. The molecular formula is C16H24N4. The molecular weight excluding hydrogens is 248 g/mol. The summed E-state index contributed by atoms with van der Waals surface area (Å²) in [4.78, 5) is 4.77. The van der Waals surface area contributed by atoms with Gasteiger partial charge in [-0.1, -0.05) is 27.7 Å². The highest BCUT2D eigenvalue weighted by Gasteiger charge is 2.17. The van der Waals surface area contributed by atoms with Crippen molar-refractivity contribution in [2.24, 2.45) is 0 Å². The quantitative estimate of drug-likeness (QED) is 0.930. The zero-order valence-electron chi connectivity index (χ0n) is 13.1. The van der Waals surface area contributed by atoms with Gasteiger partial charge in [-0.3, -0.25) is 0 Å². The van der Waals surface area contributed by atoms with Gasteiger partial charge in [0.1, 0.15) is 0 Å². The maximum absolute atomic E-state index is 4.77. The fourth-order valence-electron chi connectivity index (χ4n) is 1.98. The van der Waals surface area contributed by atoms with Gasteiger partial charge in [0.25, 0.3) is 0 Å². The van der Waals surface area contributed by atoms with Gasteiger partial charge in [0.2, 0.25) is 0 Å². The minimum atomic E-state index is 0.0270. The van der Waals surface area contributed by atoms with Crippen LogP contribution in [0.25, 0.3) is 5.82 Å². The van der Waals surface area contributed by atoms with Crippen LogP contribution in [0.5, 0.6) is 0 Å². The van der Waals surface area contributed by atoms with Crippen LogP contribution in [0.4, 0.5) is 0 Å². The lowest BCUT2D eigenvalue weighted by Gasteiger charge is -2.20. The number of hydrogen-bond acceptors (Lipinski definition) is 3. The Morgan fingerprint density at radius 3 is 2.55 bits per heavy atom. The van der Waals surface area contributed by atoms with E-state index >= 15 is 0 Å². The monoisotopic (exact) mass is 272 g/mol. The van der Waals surface area contributed by atoms with Crippen molar-refractivity contribution >= 4 is 0 Å². The third-order valence-corrected chi connectivity index (χ3v) is 3.17. The molecule has 0 bridgehead atoms. The van der Waals surface area contributed by atoms with Crippen LogP contribution in [0.2, 0.25) is 0 Å². The summed E-state index contributed by atoms with van der Waals surface area (Å²) in [7, 11) is 0. The first-order chi connectivity index (χ1) is 9.40. The molecule has 0 aliphatic carbocycles. The van der Waals surface area contributed by atoms with Crippen LogP contribution in [0.15, 0.2) is 24.5 Å². The number of rotatable bonds is 4. The van der Waals surface area contributed by atoms with Gasteiger partial charge in [0.05, 0.1) is 6.20 Å². The summed E-state index contributed by atoms with van der Waals surface area (Å²) in [5, 5.41) is 7.73. The zero-order chi connectivity index (χ0) is 14.8. The Morgan fingerprint density at radius 1 is 1.25 bits per heavy atom. The number of aromatic nitrogens is 3. The van der Waals surface area contributed by atoms with Gasteiger partial charge in [-0.15, -0.1) is 0 Å². The molecule has 0 unspecified atom stereocenters. The first-order valence-corrected chi connectivity index (χ1v) is 7.14. The van der Waals surface area contributed by atoms with E-state index in [-0.39, 0.29) is 5.41 Å². The van der Waals surface area contributed by atoms with E-state index in [2.05, 4.69) is 50.2 Å². The van der Waals surface area contributed by atoms with Crippen LogP contribution in [0.3, 0.4) is 0 Å². The predicted octanol–water partition coefficient (Wildman–Crippen LogP) is 2.98. The number of hydrogen-bond donors (Lipinski definition) is 1. The van der Waals surface area contributed by atoms with Gasteiger partial charge in [-0.25, -0.2) is 9.67 Å². The Labute approximate surface area is 121 Å². The summed E-state index contributed by atoms with van der Waals surface area (Å²) in [6.45, 7) is 12.5. The summed E-state index contributed by atoms with van der Waals surface area (Å²) < 4.78 is 1.85. The molecule has 0 fully saturated rings. The topological polar surface area (TPSA) is 42.7 Å². The molecule has 0 atom stereocenters. The number of aryl methyl sites for hydroxylation is 1. The lowest BCUT2D eigenvalue weighted by atomic mass is 9.90. The highest BCUT2D eigenvalue weighted by Crippen LogP contribution is 2.23. The van der Waals surface area contributed by atoms with Crippen molar-refractivity contribution in [3.63, 3.8) is 0 Å². The van der Waals surface area contributed by atoms with Crippen LogP contribution >= 0.6 is 0 Å². The molecule has 0 radical (unpaired) electrons. The SMILES string of the molecule is CCNCc1cc(-n2cc(C)cn2)nc(C(C)(C)C)c1. The van der Waals surface area contributed by atoms with Crippen molar-refractivity contribution in [2.45, 2.75) is 46.6 Å². The Bertz CT molecular complexity index is 578. The fourth-order valence-corrected chi connectivity index (χ4v) is 1.98. The van der Waals surface area contributed by atoms with Crippen LogP contribution in [0, 0.1) is 6.92 Å². The molecule has 4 nitrogen and oxygen atoms in total. The molecule has 0 aliphatic heterocycles. The molecule has 0 aliphatic rings. The molecule has 2 heterocycles. The van der Waals surface area contributed by atoms with E-state index in [1.165, 1.54) is 5.56 Å². The fraction of sp³-hybridized carbons (Fsp3) is 0.500. The second kappa shape index (κ2) is 5.75. The standard InChI is InChI=1S/C16H24N4/c1-6-17-10-13-7-14(16(3,4)5)19-15(8-13)20-11-12(2)9-18-20/h7-9,11,17H,6,10H2,1-5H3. The van der Waals surface area contributed by atoms with Crippen molar-refractivity contribution in [2.75, 3.05) is 6.54 Å². The molecule has 20 heavy (non-hydrogen) atoms. The summed E-state index contributed by atoms with van der Waals surface area (Å²) in [6.07, 6.45) is 3.86. The third kappa shape index (κ3) is 3.45. The largest absolute Gasteiger partial charge is 0.313 e. The normalized spacial score (nSPS) is 11.8. The number of pyridine rings is 1. The summed E-state index contributed by atoms with van der Waals surface area (Å²) in [6, 6.07) is 4.28. The molecule has 4 heteroatoms. The van der Waals surface area contributed by atoms with Gasteiger partial charge in [0, 0.05) is 23.9 Å². The van der Waals surface area contributed by atoms with Gasteiger partial charge < -0.3 is 5.32 Å². The Morgan fingerprint density at radius 2 is 2.00 bits per heavy atom. The van der Waals surface area contributed by atoms with Crippen molar-refractivity contribution < 1.29 is 0 Å². The predicted molar refractivity (Wildman–Crippen MR) is 82.2 cm³/mol. The second-order valence-corrected chi connectivity index (χ2v) is 6.21. The number of nitrogens with one attached hydrogen (secondary N) is 1. The third-order valence-electron chi connectivity index (χ3n) is 3.17. The zero-order valence-corrected chi connectivity index (χ0v) is 13.1. The smallest absolute Gasteiger partial charge is 0.153 e. The van der Waals surface area contributed by atoms with Crippen molar-refractivity contribution in [1.82, 2.24) is 20.1 Å². The van der Waals surface area contributed by atoms with E-state index in [9.17, 15) is 0 Å². The summed E-state index contributed by atoms with van der Waals surface area (Å²) in [5.74, 6) is 0.887. The average Bonchev–Trinajstić information content (AvgIpc) is 2.82. The van der Waals surface area contributed by atoms with Gasteiger partial charge >= 0.3 is 0 Å². The summed E-state index contributed by atoms with van der Waals surface area (Å²) in [5.41, 5.74) is 3.51. The minimum absolute atomic E-state index is 0.0270. The first-order valence-electron chi connectivity index (χ1n) is 7.14. The van der Waals surface area contributed by atoms with Crippen LogP contribution in [0.1, 0.15) is 44.5 Å². The summed E-state index contributed by atoms with van der Waals surface area (Å²) >= 11 is 0. The molecule has 0 spiro atoms. The molecule has 1 N–H and O–H groups in total. The minimum Gasteiger partial charge on any atom is -0.313 e. The molecule has 0 aromatic carbocycles. The van der Waals surface area contributed by atoms with Crippen LogP contribution in [-0.4, -0.2) is 21.3 Å². The Hall–Kier alpha value is -1.68. The highest BCUT2D eigenvalue weighted by atomic mass is 15.3. The van der Waals surface area contributed by atoms with E-state index in [4.69, 9.17) is 4.98 Å². The second-order valence-electron chi connectivity index (χ2n) is 6.21. The van der Waals surface area contributed by atoms with Crippen LogP contribution in [-0.2, 0) is 12.0 Å². The molecule has 0 saturated heterocycles. The van der Waals surface area contributed by atoms with E-state index in [1.54, 1.807) is 0 Å². The Balaban J connectivity index is 2.45. The van der Waals surface area contributed by atoms with Gasteiger partial charge in [-0.2, -0.15) is 5.10 Å². The van der Waals surface area contributed by atoms with Gasteiger partial charge in [-0.05, 0) is 36.7 Å². The molecule has 108 valence electrons. The molecule has 2 aromatic rings. The van der Waals surface area contributed by atoms with E-state index in [1.807, 2.05) is 24.0 Å². The maximum Gasteiger partial charge on any atom is 0.153 e. The molecule has 2 aromatic heterocycles. The van der Waals surface area contributed by atoms with Crippen molar-refractivity contribution in [3.8, 4) is 5.82 Å². The van der Waals surface area contributed by atoms with Gasteiger partial charge in [0.15, 0.2) is 5.82 Å². The van der Waals surface area contributed by atoms with Crippen LogP contribution < -0.4 is 5.32 Å². The maximum atomic E-state index is 4.77. The molecule has 2 rings (SSSR count). The lowest BCUT2D eigenvalue weighted by molar-refractivity contribution is 0.563. The lowest BCUT2D eigenvalue weighted by Crippen LogP contribution is -2.18. The van der Waals surface area contributed by atoms with Crippen molar-refractivity contribution in [1.29, 1.82) is 0 Å². The first kappa shape index (κ1) is 14.7. The highest BCUT2D eigenvalue weighted by molar-refractivity contribution is 5.33. The Kier molecular flexibility index (Phi) is 4.23.